The fourth-order valence-electron chi connectivity index (χ4n) is 2.39. The van der Waals surface area contributed by atoms with Crippen molar-refractivity contribution >= 4 is 33.0 Å². The van der Waals surface area contributed by atoms with Crippen LogP contribution in [-0.2, 0) is 10.0 Å². The molecule has 0 amide bonds. The Bertz CT molecular complexity index is 686. The van der Waals surface area contributed by atoms with E-state index in [1.165, 1.54) is 16.7 Å². The minimum absolute atomic E-state index is 0.0414. The lowest BCUT2D eigenvalue weighted by Crippen LogP contribution is -2.30. The molecule has 0 N–H and O–H groups in total. The first kappa shape index (κ1) is 13.9. The molecule has 2 aromatic heterocycles. The largest absolute Gasteiger partial charge is 0.246 e. The average molecular weight is 330 g/mol. The van der Waals surface area contributed by atoms with Crippen molar-refractivity contribution < 1.29 is 8.42 Å². The number of hydrogen-bond donors (Lipinski definition) is 0. The van der Waals surface area contributed by atoms with Gasteiger partial charge in [-0.2, -0.15) is 15.6 Å². The van der Waals surface area contributed by atoms with E-state index in [0.717, 1.165) is 18.4 Å². The molecule has 0 radical (unpaired) electrons. The molecule has 1 fully saturated rings. The smallest absolute Gasteiger partial charge is 0.225 e. The SMILES string of the molecule is O=S(=O)(c1cnc(Cl)nc1)N1CCCC1c1ccsc1. The van der Waals surface area contributed by atoms with Crippen LogP contribution in [0.4, 0.5) is 0 Å². The van der Waals surface area contributed by atoms with E-state index in [1.54, 1.807) is 11.3 Å². The Labute approximate surface area is 126 Å². The average Bonchev–Trinajstić information content (AvgIpc) is 3.10. The van der Waals surface area contributed by atoms with E-state index in [2.05, 4.69) is 9.97 Å². The predicted molar refractivity (Wildman–Crippen MR) is 77.2 cm³/mol. The molecule has 2 aromatic rings. The van der Waals surface area contributed by atoms with Crippen molar-refractivity contribution in [3.8, 4) is 0 Å². The second-order valence-corrected chi connectivity index (χ2v) is 7.53. The van der Waals surface area contributed by atoms with Crippen molar-refractivity contribution in [3.05, 3.63) is 40.1 Å². The topological polar surface area (TPSA) is 63.2 Å². The van der Waals surface area contributed by atoms with Crippen LogP contribution in [0.15, 0.2) is 34.1 Å². The van der Waals surface area contributed by atoms with E-state index >= 15 is 0 Å². The molecule has 3 rings (SSSR count). The molecule has 0 aliphatic carbocycles. The van der Waals surface area contributed by atoms with Crippen LogP contribution in [0.1, 0.15) is 24.4 Å². The Kier molecular flexibility index (Phi) is 3.76. The summed E-state index contributed by atoms with van der Waals surface area (Å²) in [6.45, 7) is 0.519. The molecular formula is C12H12ClN3O2S2. The maximum atomic E-state index is 12.7. The number of sulfonamides is 1. The van der Waals surface area contributed by atoms with Crippen LogP contribution in [0, 0.1) is 0 Å². The second kappa shape index (κ2) is 5.40. The van der Waals surface area contributed by atoms with Gasteiger partial charge in [0.2, 0.25) is 15.3 Å². The van der Waals surface area contributed by atoms with Crippen LogP contribution in [0.5, 0.6) is 0 Å². The van der Waals surface area contributed by atoms with Gasteiger partial charge in [-0.3, -0.25) is 0 Å². The number of nitrogens with zero attached hydrogens (tertiary/aromatic N) is 3. The number of thiophene rings is 1. The zero-order valence-electron chi connectivity index (χ0n) is 10.4. The van der Waals surface area contributed by atoms with Gasteiger partial charge in [-0.15, -0.1) is 0 Å². The highest BCUT2D eigenvalue weighted by Crippen LogP contribution is 2.37. The standard InChI is InChI=1S/C12H12ClN3O2S2/c13-12-14-6-10(7-15-12)20(17,18)16-4-1-2-11(16)9-3-5-19-8-9/h3,5-8,11H,1-2,4H2. The van der Waals surface area contributed by atoms with Crippen LogP contribution >= 0.6 is 22.9 Å². The van der Waals surface area contributed by atoms with Crippen LogP contribution in [0.3, 0.4) is 0 Å². The Balaban J connectivity index is 1.96. The van der Waals surface area contributed by atoms with Crippen molar-refractivity contribution in [3.63, 3.8) is 0 Å². The fraction of sp³-hybridized carbons (Fsp3) is 0.333. The normalized spacial score (nSPS) is 20.4. The molecule has 106 valence electrons. The van der Waals surface area contributed by atoms with E-state index in [0.29, 0.717) is 6.54 Å². The van der Waals surface area contributed by atoms with E-state index < -0.39 is 10.0 Å². The van der Waals surface area contributed by atoms with E-state index in [9.17, 15) is 8.42 Å². The molecule has 20 heavy (non-hydrogen) atoms. The second-order valence-electron chi connectivity index (χ2n) is 4.52. The highest BCUT2D eigenvalue weighted by Gasteiger charge is 2.36. The number of rotatable bonds is 3. The van der Waals surface area contributed by atoms with Gasteiger partial charge < -0.3 is 0 Å². The Hall–Kier alpha value is -1.02. The van der Waals surface area contributed by atoms with Gasteiger partial charge in [0.1, 0.15) is 4.90 Å². The van der Waals surface area contributed by atoms with Gasteiger partial charge in [0.05, 0.1) is 18.4 Å². The summed E-state index contributed by atoms with van der Waals surface area (Å²) >= 11 is 7.18. The summed E-state index contributed by atoms with van der Waals surface area (Å²) in [5, 5.41) is 4.00. The zero-order valence-corrected chi connectivity index (χ0v) is 12.8. The Morgan fingerprint density at radius 3 is 2.75 bits per heavy atom. The zero-order chi connectivity index (χ0) is 14.2. The summed E-state index contributed by atoms with van der Waals surface area (Å²) in [6.07, 6.45) is 4.21. The van der Waals surface area contributed by atoms with E-state index in [1.807, 2.05) is 16.8 Å². The van der Waals surface area contributed by atoms with Crippen molar-refractivity contribution in [1.29, 1.82) is 0 Å². The van der Waals surface area contributed by atoms with Crippen molar-refractivity contribution in [2.45, 2.75) is 23.8 Å². The molecule has 0 spiro atoms. The predicted octanol–water partition coefficient (Wildman–Crippen LogP) is 2.72. The van der Waals surface area contributed by atoms with Gasteiger partial charge in [0.25, 0.3) is 0 Å². The third-order valence-electron chi connectivity index (χ3n) is 3.33. The lowest BCUT2D eigenvalue weighted by atomic mass is 10.1. The van der Waals surface area contributed by atoms with Crippen LogP contribution in [-0.4, -0.2) is 29.2 Å². The summed E-state index contributed by atoms with van der Waals surface area (Å²) in [6, 6.07) is 1.88. The quantitative estimate of drug-likeness (QED) is 0.812. The third-order valence-corrected chi connectivity index (χ3v) is 6.09. The minimum Gasteiger partial charge on any atom is -0.225 e. The lowest BCUT2D eigenvalue weighted by Gasteiger charge is -2.23. The van der Waals surface area contributed by atoms with E-state index in [4.69, 9.17) is 11.6 Å². The number of halogens is 1. The van der Waals surface area contributed by atoms with Gasteiger partial charge in [-0.05, 0) is 46.8 Å². The van der Waals surface area contributed by atoms with Gasteiger partial charge in [-0.1, -0.05) is 0 Å². The Morgan fingerprint density at radius 1 is 1.35 bits per heavy atom. The highest BCUT2D eigenvalue weighted by molar-refractivity contribution is 7.89. The van der Waals surface area contributed by atoms with Gasteiger partial charge in [0.15, 0.2) is 0 Å². The summed E-state index contributed by atoms with van der Waals surface area (Å²) in [5.41, 5.74) is 1.05. The molecule has 0 bridgehead atoms. The number of hydrogen-bond acceptors (Lipinski definition) is 5. The summed E-state index contributed by atoms with van der Waals surface area (Å²) in [4.78, 5) is 7.60. The van der Waals surface area contributed by atoms with E-state index in [-0.39, 0.29) is 16.2 Å². The molecule has 1 atom stereocenters. The highest BCUT2D eigenvalue weighted by atomic mass is 35.5. The van der Waals surface area contributed by atoms with Gasteiger partial charge in [-0.25, -0.2) is 18.4 Å². The maximum absolute atomic E-state index is 12.7. The van der Waals surface area contributed by atoms with Crippen LogP contribution in [0.25, 0.3) is 0 Å². The molecule has 8 heteroatoms. The molecule has 1 aliphatic rings. The molecule has 1 unspecified atom stereocenters. The first-order chi connectivity index (χ1) is 9.59. The maximum Gasteiger partial charge on any atom is 0.246 e. The minimum atomic E-state index is -3.58. The Morgan fingerprint density at radius 2 is 2.10 bits per heavy atom. The van der Waals surface area contributed by atoms with Crippen molar-refractivity contribution in [1.82, 2.24) is 14.3 Å². The van der Waals surface area contributed by atoms with Gasteiger partial charge >= 0.3 is 0 Å². The van der Waals surface area contributed by atoms with Crippen molar-refractivity contribution in [2.24, 2.45) is 0 Å². The summed E-state index contributed by atoms with van der Waals surface area (Å²) in [5.74, 6) is 0. The van der Waals surface area contributed by atoms with Crippen LogP contribution < -0.4 is 0 Å². The van der Waals surface area contributed by atoms with Crippen molar-refractivity contribution in [2.75, 3.05) is 6.54 Å². The molecule has 0 aromatic carbocycles. The third kappa shape index (κ3) is 2.46. The monoisotopic (exact) mass is 329 g/mol. The molecule has 0 saturated carbocycles. The molecule has 5 nitrogen and oxygen atoms in total. The first-order valence-corrected chi connectivity index (χ1v) is 8.86. The molecule has 1 saturated heterocycles. The molecular weight excluding hydrogens is 318 g/mol. The summed E-state index contributed by atoms with van der Waals surface area (Å²) < 4.78 is 26.8. The van der Waals surface area contributed by atoms with Gasteiger partial charge in [0, 0.05) is 6.54 Å². The van der Waals surface area contributed by atoms with Crippen LogP contribution in [0.2, 0.25) is 5.28 Å². The molecule has 1 aliphatic heterocycles. The molecule has 3 heterocycles. The first-order valence-electron chi connectivity index (χ1n) is 6.10. The fourth-order valence-corrected chi connectivity index (χ4v) is 4.77. The summed E-state index contributed by atoms with van der Waals surface area (Å²) in [7, 11) is -3.58. The number of aromatic nitrogens is 2. The lowest BCUT2D eigenvalue weighted by molar-refractivity contribution is 0.397.